The van der Waals surface area contributed by atoms with Crippen LogP contribution in [0.5, 0.6) is 0 Å². The molecule has 2 amide bonds. The second kappa shape index (κ2) is 6.68. The summed E-state index contributed by atoms with van der Waals surface area (Å²) in [6, 6.07) is 8.33. The molecule has 0 spiro atoms. The number of amides is 2. The average molecular weight is 273 g/mol. The lowest BCUT2D eigenvalue weighted by Gasteiger charge is -2.26. The highest BCUT2D eigenvalue weighted by atomic mass is 16.5. The lowest BCUT2D eigenvalue weighted by molar-refractivity contribution is -0.134. The summed E-state index contributed by atoms with van der Waals surface area (Å²) in [5, 5.41) is 11.3. The van der Waals surface area contributed by atoms with Crippen LogP contribution in [0.1, 0.15) is 15.9 Å². The molecule has 1 heterocycles. The molecule has 0 atom stereocenters. The van der Waals surface area contributed by atoms with Crippen molar-refractivity contribution in [2.24, 2.45) is 0 Å². The van der Waals surface area contributed by atoms with E-state index in [1.54, 1.807) is 23.1 Å². The van der Waals surface area contributed by atoms with Gasteiger partial charge in [0.15, 0.2) is 0 Å². The van der Waals surface area contributed by atoms with Crippen molar-refractivity contribution >= 4 is 11.8 Å². The Morgan fingerprint density at radius 3 is 2.80 bits per heavy atom. The van der Waals surface area contributed by atoms with Crippen molar-refractivity contribution in [2.75, 3.05) is 32.8 Å². The van der Waals surface area contributed by atoms with E-state index in [1.807, 2.05) is 6.07 Å². The number of nitrogens with zero attached hydrogens (tertiary/aromatic N) is 2. The van der Waals surface area contributed by atoms with E-state index in [0.717, 1.165) is 0 Å². The van der Waals surface area contributed by atoms with Gasteiger partial charge >= 0.3 is 0 Å². The average Bonchev–Trinajstić information content (AvgIpc) is 2.53. The largest absolute Gasteiger partial charge is 0.378 e. The fourth-order valence-corrected chi connectivity index (χ4v) is 1.91. The van der Waals surface area contributed by atoms with Gasteiger partial charge in [0.2, 0.25) is 5.91 Å². The van der Waals surface area contributed by atoms with Crippen LogP contribution in [0.2, 0.25) is 0 Å². The first kappa shape index (κ1) is 14.0. The van der Waals surface area contributed by atoms with E-state index in [1.165, 1.54) is 6.07 Å². The number of benzene rings is 1. The summed E-state index contributed by atoms with van der Waals surface area (Å²) >= 11 is 0. The van der Waals surface area contributed by atoms with Gasteiger partial charge in [-0.3, -0.25) is 9.59 Å². The molecule has 1 aliphatic rings. The molecule has 104 valence electrons. The van der Waals surface area contributed by atoms with Gasteiger partial charge in [0.25, 0.3) is 5.91 Å². The van der Waals surface area contributed by atoms with E-state index in [2.05, 4.69) is 5.32 Å². The number of rotatable bonds is 3. The number of hydrogen-bond donors (Lipinski definition) is 1. The number of hydrogen-bond acceptors (Lipinski definition) is 4. The first-order valence-electron chi connectivity index (χ1n) is 6.34. The fraction of sp³-hybridized carbons (Fsp3) is 0.357. The van der Waals surface area contributed by atoms with Crippen molar-refractivity contribution in [1.29, 1.82) is 5.26 Å². The minimum Gasteiger partial charge on any atom is -0.378 e. The van der Waals surface area contributed by atoms with Crippen molar-refractivity contribution in [2.45, 2.75) is 0 Å². The Bertz CT molecular complexity index is 545. The van der Waals surface area contributed by atoms with Crippen molar-refractivity contribution in [3.8, 4) is 6.07 Å². The summed E-state index contributed by atoms with van der Waals surface area (Å²) in [6.07, 6.45) is 0. The Hall–Kier alpha value is -2.39. The van der Waals surface area contributed by atoms with E-state index >= 15 is 0 Å². The van der Waals surface area contributed by atoms with E-state index in [0.29, 0.717) is 37.4 Å². The first-order chi connectivity index (χ1) is 9.70. The maximum Gasteiger partial charge on any atom is 0.251 e. The zero-order valence-electron chi connectivity index (χ0n) is 11.0. The molecule has 0 radical (unpaired) electrons. The van der Waals surface area contributed by atoms with Gasteiger partial charge in [-0.15, -0.1) is 0 Å². The topological polar surface area (TPSA) is 82.4 Å². The van der Waals surface area contributed by atoms with Crippen molar-refractivity contribution in [3.05, 3.63) is 35.4 Å². The highest BCUT2D eigenvalue weighted by molar-refractivity contribution is 5.96. The molecule has 0 unspecified atom stereocenters. The number of carbonyl (C=O) groups excluding carboxylic acids is 2. The molecule has 2 rings (SSSR count). The molecule has 1 aromatic carbocycles. The van der Waals surface area contributed by atoms with Gasteiger partial charge in [0, 0.05) is 18.7 Å². The molecule has 6 heteroatoms. The standard InChI is InChI=1S/C14H15N3O3/c15-9-11-2-1-3-12(8-11)14(19)16-10-13(18)17-4-6-20-7-5-17/h1-3,8H,4-7,10H2,(H,16,19). The fourth-order valence-electron chi connectivity index (χ4n) is 1.91. The van der Waals surface area contributed by atoms with Gasteiger partial charge < -0.3 is 15.0 Å². The molecule has 0 bridgehead atoms. The Balaban J connectivity index is 1.88. The van der Waals surface area contributed by atoms with E-state index in [9.17, 15) is 9.59 Å². The smallest absolute Gasteiger partial charge is 0.251 e. The highest BCUT2D eigenvalue weighted by Gasteiger charge is 2.17. The van der Waals surface area contributed by atoms with Gasteiger partial charge in [0.1, 0.15) is 0 Å². The molecular formula is C14H15N3O3. The van der Waals surface area contributed by atoms with Crippen LogP contribution >= 0.6 is 0 Å². The van der Waals surface area contributed by atoms with Crippen LogP contribution in [0.3, 0.4) is 0 Å². The Morgan fingerprint density at radius 1 is 1.35 bits per heavy atom. The minimum atomic E-state index is -0.358. The van der Waals surface area contributed by atoms with Crippen LogP contribution in [-0.2, 0) is 9.53 Å². The molecule has 1 aromatic rings. The minimum absolute atomic E-state index is 0.0460. The number of ether oxygens (including phenoxy) is 1. The van der Waals surface area contributed by atoms with Gasteiger partial charge in [0.05, 0.1) is 31.4 Å². The molecule has 0 aromatic heterocycles. The van der Waals surface area contributed by atoms with Crippen LogP contribution in [-0.4, -0.2) is 49.6 Å². The monoisotopic (exact) mass is 273 g/mol. The molecule has 1 N–H and O–H groups in total. The summed E-state index contributed by atoms with van der Waals surface area (Å²) in [7, 11) is 0. The van der Waals surface area contributed by atoms with E-state index < -0.39 is 0 Å². The van der Waals surface area contributed by atoms with Crippen LogP contribution in [0.25, 0.3) is 0 Å². The molecular weight excluding hydrogens is 258 g/mol. The summed E-state index contributed by atoms with van der Waals surface area (Å²) in [5.41, 5.74) is 0.788. The van der Waals surface area contributed by atoms with Crippen molar-refractivity contribution in [3.63, 3.8) is 0 Å². The zero-order chi connectivity index (χ0) is 14.4. The van der Waals surface area contributed by atoms with Gasteiger partial charge in [-0.1, -0.05) is 6.07 Å². The van der Waals surface area contributed by atoms with E-state index in [4.69, 9.17) is 10.00 Å². The summed E-state index contributed by atoms with van der Waals surface area (Å²) < 4.78 is 5.16. The maximum atomic E-state index is 11.9. The second-order valence-corrected chi connectivity index (χ2v) is 4.37. The molecule has 1 saturated heterocycles. The number of carbonyl (C=O) groups is 2. The highest BCUT2D eigenvalue weighted by Crippen LogP contribution is 2.04. The van der Waals surface area contributed by atoms with E-state index in [-0.39, 0.29) is 18.4 Å². The molecule has 0 aliphatic carbocycles. The number of nitrogens with one attached hydrogen (secondary N) is 1. The summed E-state index contributed by atoms with van der Waals surface area (Å²) in [5.74, 6) is -0.484. The van der Waals surface area contributed by atoms with Gasteiger partial charge in [-0.2, -0.15) is 5.26 Å². The lowest BCUT2D eigenvalue weighted by atomic mass is 10.1. The Kier molecular flexibility index (Phi) is 4.69. The summed E-state index contributed by atoms with van der Waals surface area (Å²) in [4.78, 5) is 25.4. The van der Waals surface area contributed by atoms with Crippen LogP contribution in [0.15, 0.2) is 24.3 Å². The number of nitriles is 1. The molecule has 0 saturated carbocycles. The summed E-state index contributed by atoms with van der Waals surface area (Å²) in [6.45, 7) is 2.13. The van der Waals surface area contributed by atoms with Gasteiger partial charge in [-0.25, -0.2) is 0 Å². The molecule has 6 nitrogen and oxygen atoms in total. The third-order valence-corrected chi connectivity index (χ3v) is 3.02. The molecule has 20 heavy (non-hydrogen) atoms. The predicted octanol–water partition coefficient (Wildman–Crippen LogP) is 0.147. The predicted molar refractivity (Wildman–Crippen MR) is 70.9 cm³/mol. The first-order valence-corrected chi connectivity index (χ1v) is 6.34. The quantitative estimate of drug-likeness (QED) is 0.849. The lowest BCUT2D eigenvalue weighted by Crippen LogP contribution is -2.45. The Labute approximate surface area is 116 Å². The van der Waals surface area contributed by atoms with Gasteiger partial charge in [-0.05, 0) is 18.2 Å². The normalized spacial score (nSPS) is 14.4. The van der Waals surface area contributed by atoms with Crippen LogP contribution in [0.4, 0.5) is 0 Å². The maximum absolute atomic E-state index is 11.9. The molecule has 1 aliphatic heterocycles. The zero-order valence-corrected chi connectivity index (χ0v) is 11.0. The second-order valence-electron chi connectivity index (χ2n) is 4.37. The van der Waals surface area contributed by atoms with Crippen molar-refractivity contribution in [1.82, 2.24) is 10.2 Å². The third-order valence-electron chi connectivity index (χ3n) is 3.02. The number of morpholine rings is 1. The SMILES string of the molecule is N#Cc1cccc(C(=O)NCC(=O)N2CCOCC2)c1. The Morgan fingerprint density at radius 2 is 2.10 bits per heavy atom. The molecule has 1 fully saturated rings. The third kappa shape index (κ3) is 3.56. The van der Waals surface area contributed by atoms with Crippen LogP contribution in [0, 0.1) is 11.3 Å². The van der Waals surface area contributed by atoms with Crippen molar-refractivity contribution < 1.29 is 14.3 Å². The van der Waals surface area contributed by atoms with Crippen LogP contribution < -0.4 is 5.32 Å².